The maximum Gasteiger partial charge on any atom is 0.258 e. The molecule has 0 saturated heterocycles. The minimum atomic E-state index is 0.204. The highest BCUT2D eigenvalue weighted by molar-refractivity contribution is 5.57. The van der Waals surface area contributed by atoms with Crippen molar-refractivity contribution < 1.29 is 9.63 Å². The first-order valence-corrected chi connectivity index (χ1v) is 4.26. The minimum Gasteiger partial charge on any atom is -0.508 e. The maximum atomic E-state index is 9.37. The van der Waals surface area contributed by atoms with Crippen molar-refractivity contribution in [2.45, 2.75) is 13.8 Å². The lowest BCUT2D eigenvalue weighted by atomic mass is 10.1. The van der Waals surface area contributed by atoms with E-state index in [1.165, 1.54) is 0 Å². The number of aromatic hydroxyl groups is 1. The van der Waals surface area contributed by atoms with E-state index in [1.54, 1.807) is 19.1 Å². The Morgan fingerprint density at radius 1 is 1.21 bits per heavy atom. The second-order valence-corrected chi connectivity index (χ2v) is 3.20. The lowest BCUT2D eigenvalue weighted by molar-refractivity contribution is 0.425. The summed E-state index contributed by atoms with van der Waals surface area (Å²) in [5.41, 5.74) is 1.69. The van der Waals surface area contributed by atoms with E-state index in [0.29, 0.717) is 11.7 Å². The van der Waals surface area contributed by atoms with Crippen molar-refractivity contribution in [3.8, 4) is 17.2 Å². The van der Waals surface area contributed by atoms with Gasteiger partial charge in [-0.1, -0.05) is 5.16 Å². The minimum absolute atomic E-state index is 0.204. The lowest BCUT2D eigenvalue weighted by Gasteiger charge is -1.98. The van der Waals surface area contributed by atoms with E-state index in [9.17, 15) is 5.11 Å². The number of rotatable bonds is 1. The molecule has 0 amide bonds. The van der Waals surface area contributed by atoms with Crippen LogP contribution in [0.25, 0.3) is 11.5 Å². The van der Waals surface area contributed by atoms with Gasteiger partial charge in [0.15, 0.2) is 5.82 Å². The monoisotopic (exact) mass is 190 g/mol. The Kier molecular flexibility index (Phi) is 1.96. The summed E-state index contributed by atoms with van der Waals surface area (Å²) in [6.45, 7) is 3.65. The SMILES string of the molecule is Cc1cc(O)cc(-c2nc(C)no2)c1. The molecule has 72 valence electrons. The molecule has 1 heterocycles. The zero-order valence-corrected chi connectivity index (χ0v) is 7.98. The van der Waals surface area contributed by atoms with E-state index in [2.05, 4.69) is 10.1 Å². The Morgan fingerprint density at radius 2 is 2.00 bits per heavy atom. The predicted octanol–water partition coefficient (Wildman–Crippen LogP) is 2.06. The van der Waals surface area contributed by atoms with Crippen LogP contribution in [0.2, 0.25) is 0 Å². The predicted molar refractivity (Wildman–Crippen MR) is 50.9 cm³/mol. The van der Waals surface area contributed by atoms with Crippen molar-refractivity contribution in [3.63, 3.8) is 0 Å². The summed E-state index contributed by atoms with van der Waals surface area (Å²) in [4.78, 5) is 4.07. The summed E-state index contributed by atoms with van der Waals surface area (Å²) >= 11 is 0. The first kappa shape index (κ1) is 8.74. The van der Waals surface area contributed by atoms with Gasteiger partial charge in [-0.15, -0.1) is 0 Å². The zero-order valence-electron chi connectivity index (χ0n) is 7.98. The molecular formula is C10H10N2O2. The fourth-order valence-electron chi connectivity index (χ4n) is 1.30. The van der Waals surface area contributed by atoms with Gasteiger partial charge in [-0.25, -0.2) is 0 Å². The standard InChI is InChI=1S/C10H10N2O2/c1-6-3-8(5-9(13)4-6)10-11-7(2)12-14-10/h3-5,13H,1-2H3. The van der Waals surface area contributed by atoms with Gasteiger partial charge < -0.3 is 9.63 Å². The van der Waals surface area contributed by atoms with Crippen LogP contribution in [-0.4, -0.2) is 15.2 Å². The van der Waals surface area contributed by atoms with Gasteiger partial charge in [0.25, 0.3) is 5.89 Å². The first-order valence-electron chi connectivity index (χ1n) is 4.26. The molecule has 2 aromatic rings. The fourth-order valence-corrected chi connectivity index (χ4v) is 1.30. The third-order valence-corrected chi connectivity index (χ3v) is 1.84. The summed E-state index contributed by atoms with van der Waals surface area (Å²) in [7, 11) is 0. The fraction of sp³-hybridized carbons (Fsp3) is 0.200. The molecule has 1 aromatic carbocycles. The molecule has 0 aliphatic heterocycles. The van der Waals surface area contributed by atoms with E-state index in [-0.39, 0.29) is 5.75 Å². The molecule has 1 aromatic heterocycles. The molecule has 0 atom stereocenters. The van der Waals surface area contributed by atoms with Crippen LogP contribution in [0.4, 0.5) is 0 Å². The number of hydrogen-bond acceptors (Lipinski definition) is 4. The normalized spacial score (nSPS) is 10.4. The molecule has 0 saturated carbocycles. The van der Waals surface area contributed by atoms with Crippen molar-refractivity contribution in [2.75, 3.05) is 0 Å². The van der Waals surface area contributed by atoms with E-state index >= 15 is 0 Å². The third-order valence-electron chi connectivity index (χ3n) is 1.84. The van der Waals surface area contributed by atoms with Crippen LogP contribution in [0.5, 0.6) is 5.75 Å². The molecule has 0 unspecified atom stereocenters. The molecule has 0 aliphatic carbocycles. The number of benzene rings is 1. The van der Waals surface area contributed by atoms with Gasteiger partial charge in [0.1, 0.15) is 5.75 Å². The molecule has 4 heteroatoms. The van der Waals surface area contributed by atoms with Crippen LogP contribution in [0.3, 0.4) is 0 Å². The van der Waals surface area contributed by atoms with Gasteiger partial charge in [0, 0.05) is 5.56 Å². The Bertz CT molecular complexity index is 443. The Morgan fingerprint density at radius 3 is 2.57 bits per heavy atom. The van der Waals surface area contributed by atoms with Crippen LogP contribution in [0, 0.1) is 13.8 Å². The summed E-state index contributed by atoms with van der Waals surface area (Å²) in [5, 5.41) is 13.1. The van der Waals surface area contributed by atoms with E-state index in [0.717, 1.165) is 11.1 Å². The lowest BCUT2D eigenvalue weighted by Crippen LogP contribution is -1.80. The Hall–Kier alpha value is -1.84. The largest absolute Gasteiger partial charge is 0.508 e. The Balaban J connectivity index is 2.51. The molecule has 2 rings (SSSR count). The number of nitrogens with zero attached hydrogens (tertiary/aromatic N) is 2. The highest BCUT2D eigenvalue weighted by Gasteiger charge is 2.07. The Labute approximate surface area is 81.2 Å². The maximum absolute atomic E-state index is 9.37. The van der Waals surface area contributed by atoms with Crippen molar-refractivity contribution in [3.05, 3.63) is 29.6 Å². The highest BCUT2D eigenvalue weighted by atomic mass is 16.5. The molecular weight excluding hydrogens is 180 g/mol. The van der Waals surface area contributed by atoms with Gasteiger partial charge in [0.2, 0.25) is 0 Å². The summed E-state index contributed by atoms with van der Waals surface area (Å²) in [6.07, 6.45) is 0. The quantitative estimate of drug-likeness (QED) is 0.747. The van der Waals surface area contributed by atoms with Crippen molar-refractivity contribution in [1.29, 1.82) is 0 Å². The van der Waals surface area contributed by atoms with E-state index in [4.69, 9.17) is 4.52 Å². The third kappa shape index (κ3) is 1.59. The van der Waals surface area contributed by atoms with Crippen molar-refractivity contribution in [1.82, 2.24) is 10.1 Å². The summed E-state index contributed by atoms with van der Waals surface area (Å²) in [5.74, 6) is 1.22. The molecule has 0 spiro atoms. The van der Waals surface area contributed by atoms with E-state index < -0.39 is 0 Å². The van der Waals surface area contributed by atoms with Crippen LogP contribution < -0.4 is 0 Å². The van der Waals surface area contributed by atoms with Gasteiger partial charge in [-0.3, -0.25) is 0 Å². The van der Waals surface area contributed by atoms with Gasteiger partial charge in [-0.05, 0) is 37.6 Å². The number of phenols is 1. The van der Waals surface area contributed by atoms with Gasteiger partial charge >= 0.3 is 0 Å². The van der Waals surface area contributed by atoms with Crippen LogP contribution in [-0.2, 0) is 0 Å². The van der Waals surface area contributed by atoms with Crippen LogP contribution >= 0.6 is 0 Å². The second-order valence-electron chi connectivity index (χ2n) is 3.20. The highest BCUT2D eigenvalue weighted by Crippen LogP contribution is 2.23. The number of hydrogen-bond donors (Lipinski definition) is 1. The molecule has 0 fully saturated rings. The molecule has 0 bridgehead atoms. The second kappa shape index (κ2) is 3.14. The smallest absolute Gasteiger partial charge is 0.258 e. The number of phenolic OH excluding ortho intramolecular Hbond substituents is 1. The molecule has 4 nitrogen and oxygen atoms in total. The average Bonchev–Trinajstić information content (AvgIpc) is 2.50. The molecule has 14 heavy (non-hydrogen) atoms. The topological polar surface area (TPSA) is 59.2 Å². The first-order chi connectivity index (χ1) is 6.65. The van der Waals surface area contributed by atoms with E-state index in [1.807, 2.05) is 13.0 Å². The number of aromatic nitrogens is 2. The zero-order chi connectivity index (χ0) is 10.1. The average molecular weight is 190 g/mol. The molecule has 1 N–H and O–H groups in total. The molecule has 0 aliphatic rings. The summed E-state index contributed by atoms with van der Waals surface area (Å²) < 4.78 is 4.99. The van der Waals surface area contributed by atoms with Crippen LogP contribution in [0.15, 0.2) is 22.7 Å². The van der Waals surface area contributed by atoms with Crippen LogP contribution in [0.1, 0.15) is 11.4 Å². The van der Waals surface area contributed by atoms with Gasteiger partial charge in [-0.2, -0.15) is 4.98 Å². The number of aryl methyl sites for hydroxylation is 2. The van der Waals surface area contributed by atoms with Crippen molar-refractivity contribution in [2.24, 2.45) is 0 Å². The molecule has 0 radical (unpaired) electrons. The van der Waals surface area contributed by atoms with Gasteiger partial charge in [0.05, 0.1) is 0 Å². The summed E-state index contributed by atoms with van der Waals surface area (Å²) in [6, 6.07) is 5.15. The van der Waals surface area contributed by atoms with Crippen molar-refractivity contribution >= 4 is 0 Å².